The minimum Gasteiger partial charge on any atom is -0.488 e. The van der Waals surface area contributed by atoms with Crippen molar-refractivity contribution >= 4 is 5.97 Å². The molecule has 0 bridgehead atoms. The molecule has 3 nitrogen and oxygen atoms in total. The topological polar surface area (TPSA) is 35.5 Å². The van der Waals surface area contributed by atoms with Crippen molar-refractivity contribution in [3.8, 4) is 11.5 Å². The molecule has 0 aliphatic rings. The number of hydrogen-bond donors (Lipinski definition) is 0. The van der Waals surface area contributed by atoms with Crippen LogP contribution in [0.1, 0.15) is 18.1 Å². The molecule has 0 unspecified atom stereocenters. The van der Waals surface area contributed by atoms with Crippen molar-refractivity contribution in [1.82, 2.24) is 0 Å². The van der Waals surface area contributed by atoms with E-state index in [-0.39, 0.29) is 5.97 Å². The Kier molecular flexibility index (Phi) is 5.16. The second-order valence-electron chi connectivity index (χ2n) is 4.58. The van der Waals surface area contributed by atoms with Gasteiger partial charge in [-0.1, -0.05) is 42.5 Å². The molecule has 3 heteroatoms. The van der Waals surface area contributed by atoms with E-state index in [1.807, 2.05) is 49.4 Å². The number of carbonyl (C=O) groups excluding carboxylic acids is 1. The average molecular weight is 282 g/mol. The predicted octanol–water partition coefficient (Wildman–Crippen LogP) is 4.06. The van der Waals surface area contributed by atoms with E-state index in [0.717, 1.165) is 16.9 Å². The minimum atomic E-state index is -0.388. The number of ether oxygens (including phenoxy) is 2. The Morgan fingerprint density at radius 1 is 1.05 bits per heavy atom. The molecule has 0 aromatic heterocycles. The lowest BCUT2D eigenvalue weighted by molar-refractivity contribution is -0.129. The van der Waals surface area contributed by atoms with Crippen molar-refractivity contribution in [1.29, 1.82) is 0 Å². The molecular formula is C18H18O3. The highest BCUT2D eigenvalue weighted by atomic mass is 16.5. The van der Waals surface area contributed by atoms with Crippen molar-refractivity contribution in [3.05, 3.63) is 71.8 Å². The molecule has 0 saturated heterocycles. The highest BCUT2D eigenvalue weighted by Crippen LogP contribution is 2.22. The Balaban J connectivity index is 2.10. The van der Waals surface area contributed by atoms with E-state index in [2.05, 4.69) is 0 Å². The van der Waals surface area contributed by atoms with Crippen molar-refractivity contribution in [3.63, 3.8) is 0 Å². The highest BCUT2D eigenvalue weighted by molar-refractivity contribution is 5.84. The van der Waals surface area contributed by atoms with Gasteiger partial charge >= 0.3 is 5.97 Å². The van der Waals surface area contributed by atoms with Gasteiger partial charge in [0.25, 0.3) is 0 Å². The summed E-state index contributed by atoms with van der Waals surface area (Å²) in [6.07, 6.45) is 3.04. The Hall–Kier alpha value is -2.55. The lowest BCUT2D eigenvalue weighted by Gasteiger charge is -2.12. The summed E-state index contributed by atoms with van der Waals surface area (Å²) in [7, 11) is 0. The number of para-hydroxylation sites is 2. The molecule has 0 atom stereocenters. The molecule has 0 heterocycles. The zero-order valence-corrected chi connectivity index (χ0v) is 12.2. The van der Waals surface area contributed by atoms with Gasteiger partial charge in [-0.2, -0.15) is 0 Å². The van der Waals surface area contributed by atoms with Gasteiger partial charge in [0.15, 0.2) is 0 Å². The largest absolute Gasteiger partial charge is 0.488 e. The molecule has 0 aliphatic carbocycles. The zero-order valence-electron chi connectivity index (χ0n) is 12.2. The van der Waals surface area contributed by atoms with Crippen LogP contribution in [-0.4, -0.2) is 5.97 Å². The molecular weight excluding hydrogens is 264 g/mol. The highest BCUT2D eigenvalue weighted by Gasteiger charge is 2.08. The summed E-state index contributed by atoms with van der Waals surface area (Å²) in [5.41, 5.74) is 1.90. The van der Waals surface area contributed by atoms with Crippen molar-refractivity contribution in [2.24, 2.45) is 0 Å². The molecule has 0 fully saturated rings. The van der Waals surface area contributed by atoms with Gasteiger partial charge in [0.2, 0.25) is 0 Å². The fourth-order valence-corrected chi connectivity index (χ4v) is 1.87. The van der Waals surface area contributed by atoms with Crippen LogP contribution in [0.2, 0.25) is 0 Å². The second kappa shape index (κ2) is 7.29. The number of carbonyl (C=O) groups is 1. The summed E-state index contributed by atoms with van der Waals surface area (Å²) < 4.78 is 11.1. The summed E-state index contributed by atoms with van der Waals surface area (Å²) >= 11 is 0. The number of benzene rings is 2. The minimum absolute atomic E-state index is 0.351. The second-order valence-corrected chi connectivity index (χ2v) is 4.58. The fourth-order valence-electron chi connectivity index (χ4n) is 1.87. The van der Waals surface area contributed by atoms with Crippen molar-refractivity contribution in [2.45, 2.75) is 20.5 Å². The van der Waals surface area contributed by atoms with E-state index in [1.165, 1.54) is 6.08 Å². The third kappa shape index (κ3) is 4.21. The molecule has 0 saturated carbocycles. The Labute approximate surface area is 124 Å². The van der Waals surface area contributed by atoms with Crippen LogP contribution in [0.3, 0.4) is 0 Å². The first-order valence-electron chi connectivity index (χ1n) is 6.81. The van der Waals surface area contributed by atoms with E-state index in [1.54, 1.807) is 19.1 Å². The van der Waals surface area contributed by atoms with Crippen LogP contribution in [0, 0.1) is 6.92 Å². The molecule has 2 aromatic carbocycles. The quantitative estimate of drug-likeness (QED) is 0.471. The molecule has 108 valence electrons. The normalized spacial score (nSPS) is 10.6. The van der Waals surface area contributed by atoms with Crippen LogP contribution in [0.15, 0.2) is 60.7 Å². The third-order valence-electron chi connectivity index (χ3n) is 2.96. The standard InChI is InChI=1S/C18H18O3/c1-3-8-18(19)21-17-12-7-5-10-15(17)13-20-16-11-6-4-9-14(16)2/h3-12H,13H2,1-2H3. The molecule has 0 radical (unpaired) electrons. The molecule has 0 N–H and O–H groups in total. The number of allylic oxidation sites excluding steroid dienone is 1. The number of esters is 1. The van der Waals surface area contributed by atoms with Gasteiger partial charge in [0.05, 0.1) is 0 Å². The van der Waals surface area contributed by atoms with Crippen molar-refractivity contribution < 1.29 is 14.3 Å². The predicted molar refractivity (Wildman–Crippen MR) is 82.4 cm³/mol. The number of hydrogen-bond acceptors (Lipinski definition) is 3. The number of aryl methyl sites for hydroxylation is 1. The van der Waals surface area contributed by atoms with Gasteiger partial charge in [-0.3, -0.25) is 0 Å². The zero-order chi connectivity index (χ0) is 15.1. The van der Waals surface area contributed by atoms with Crippen LogP contribution < -0.4 is 9.47 Å². The summed E-state index contributed by atoms with van der Waals surface area (Å²) in [5.74, 6) is 0.960. The van der Waals surface area contributed by atoms with E-state index >= 15 is 0 Å². The molecule has 0 amide bonds. The summed E-state index contributed by atoms with van der Waals surface area (Å²) in [6.45, 7) is 4.12. The summed E-state index contributed by atoms with van der Waals surface area (Å²) in [5, 5.41) is 0. The molecule has 21 heavy (non-hydrogen) atoms. The van der Waals surface area contributed by atoms with E-state index in [0.29, 0.717) is 12.4 Å². The van der Waals surface area contributed by atoms with Gasteiger partial charge in [-0.15, -0.1) is 0 Å². The van der Waals surface area contributed by atoms with Gasteiger partial charge < -0.3 is 9.47 Å². The molecule has 2 aromatic rings. The maximum Gasteiger partial charge on any atom is 0.335 e. The van der Waals surface area contributed by atoms with E-state index < -0.39 is 0 Å². The van der Waals surface area contributed by atoms with Gasteiger partial charge in [0, 0.05) is 11.6 Å². The maximum atomic E-state index is 11.5. The van der Waals surface area contributed by atoms with E-state index in [4.69, 9.17) is 9.47 Å². The SMILES string of the molecule is CC=CC(=O)Oc1ccccc1COc1ccccc1C. The third-order valence-corrected chi connectivity index (χ3v) is 2.96. The smallest absolute Gasteiger partial charge is 0.335 e. The monoisotopic (exact) mass is 282 g/mol. The van der Waals surface area contributed by atoms with Crippen LogP contribution in [0.25, 0.3) is 0 Å². The first-order valence-corrected chi connectivity index (χ1v) is 6.81. The summed E-state index contributed by atoms with van der Waals surface area (Å²) in [6, 6.07) is 15.2. The lowest BCUT2D eigenvalue weighted by Crippen LogP contribution is -2.07. The van der Waals surface area contributed by atoms with Crippen LogP contribution in [0.4, 0.5) is 0 Å². The molecule has 0 spiro atoms. The van der Waals surface area contributed by atoms with Gasteiger partial charge in [-0.25, -0.2) is 4.79 Å². The Morgan fingerprint density at radius 3 is 2.43 bits per heavy atom. The fraction of sp³-hybridized carbons (Fsp3) is 0.167. The Bertz CT molecular complexity index is 644. The van der Waals surface area contributed by atoms with E-state index in [9.17, 15) is 4.79 Å². The van der Waals surface area contributed by atoms with Crippen LogP contribution >= 0.6 is 0 Å². The first-order chi connectivity index (χ1) is 10.2. The summed E-state index contributed by atoms with van der Waals surface area (Å²) in [4.78, 5) is 11.5. The van der Waals surface area contributed by atoms with Crippen LogP contribution in [0.5, 0.6) is 11.5 Å². The average Bonchev–Trinajstić information content (AvgIpc) is 2.48. The first kappa shape index (κ1) is 14.9. The van der Waals surface area contributed by atoms with Crippen LogP contribution in [-0.2, 0) is 11.4 Å². The Morgan fingerprint density at radius 2 is 1.71 bits per heavy atom. The van der Waals surface area contributed by atoms with Crippen molar-refractivity contribution in [2.75, 3.05) is 0 Å². The number of rotatable bonds is 5. The molecule has 0 aliphatic heterocycles. The maximum absolute atomic E-state index is 11.5. The molecule has 2 rings (SSSR count). The van der Waals surface area contributed by atoms with Gasteiger partial charge in [-0.05, 0) is 31.5 Å². The lowest BCUT2D eigenvalue weighted by atomic mass is 10.2. The van der Waals surface area contributed by atoms with Gasteiger partial charge in [0.1, 0.15) is 18.1 Å².